The Kier molecular flexibility index (Phi) is 12.9. The van der Waals surface area contributed by atoms with Gasteiger partial charge in [0.15, 0.2) is 5.78 Å². The number of halogens is 2. The van der Waals surface area contributed by atoms with Crippen molar-refractivity contribution in [2.45, 2.75) is 120 Å². The number of likely N-dealkylation sites (tertiary alicyclic amines) is 2. The maximum atomic E-state index is 16.9. The summed E-state index contributed by atoms with van der Waals surface area (Å²) in [7, 11) is 12.5. The summed E-state index contributed by atoms with van der Waals surface area (Å²) in [6.45, 7) is 9.73. The zero-order chi connectivity index (χ0) is 45.2. The van der Waals surface area contributed by atoms with E-state index in [1.54, 1.807) is 7.11 Å². The van der Waals surface area contributed by atoms with Gasteiger partial charge in [-0.1, -0.05) is 48.3 Å². The Bertz CT molecular complexity index is 2310. The molecule has 5 fully saturated rings. The first-order chi connectivity index (χ1) is 30.7. The Hall–Kier alpha value is -3.36. The number of hydrogen-bond donors (Lipinski definition) is 2. The van der Waals surface area contributed by atoms with Crippen LogP contribution in [0.2, 0.25) is 10.0 Å². The molecule has 1 saturated carbocycles. The summed E-state index contributed by atoms with van der Waals surface area (Å²) < 4.78 is 15.0. The van der Waals surface area contributed by atoms with Crippen molar-refractivity contribution in [3.8, 4) is 22.8 Å². The van der Waals surface area contributed by atoms with Crippen LogP contribution in [-0.4, -0.2) is 138 Å². The Morgan fingerprint density at radius 3 is 2.36 bits per heavy atom. The zero-order valence-corrected chi connectivity index (χ0v) is 40.7. The Morgan fingerprint density at radius 1 is 0.938 bits per heavy atom. The van der Waals surface area contributed by atoms with Gasteiger partial charge in [-0.05, 0) is 128 Å². The number of rotatable bonds is 12. The van der Waals surface area contributed by atoms with Crippen LogP contribution in [0.15, 0.2) is 72.9 Å². The third-order valence-electron chi connectivity index (χ3n) is 16.5. The molecule has 4 saturated heterocycles. The lowest BCUT2D eigenvalue weighted by molar-refractivity contribution is -0.154. The topological polar surface area (TPSA) is 90.4 Å². The minimum Gasteiger partial charge on any atom is -0.457 e. The minimum absolute atomic E-state index is 0.00255. The first kappa shape index (κ1) is 45.8. The zero-order valence-electron chi connectivity index (χ0n) is 39.2. The Balaban J connectivity index is 1.11. The minimum atomic E-state index is -0.716. The van der Waals surface area contributed by atoms with Crippen molar-refractivity contribution in [2.24, 2.45) is 17.9 Å². The molecule has 4 aromatic rings. The van der Waals surface area contributed by atoms with Gasteiger partial charge in [0.1, 0.15) is 17.3 Å². The number of benzene rings is 3. The third-order valence-corrected chi connectivity index (χ3v) is 17.0. The highest BCUT2D eigenvalue weighted by Gasteiger charge is 2.76. The normalized spacial score (nSPS) is 33.2. The lowest BCUT2D eigenvalue weighted by atomic mass is 9.54. The smallest absolute Gasteiger partial charge is 0.153 e. The summed E-state index contributed by atoms with van der Waals surface area (Å²) in [5.41, 5.74) is 3.11. The standard InChI is InChI=1S/C51H68Cl2N8O3/c1-10-50-44-21-22-45(50)61(28-35-13-18-37(53)24-42(35)64-39-19-14-34(15-20-39)41-27-55-46(60(41)8)29-57(4)5)32(3)47-51(49(50)62)43(54-26-31(2)58(44)6)25-38(23-33-11-16-36(52)17-12-33)59(7)48(51)40(56-47)30-63-9/h11-20,24,27,31-32,38,40,43-45,47-48,54,56H,10,21-23,25-26,28-30H2,1-9H3/t31-,32-,38-,40+,43?,44?,45?,47?,48?,50?,51?/m0/s1. The molecule has 11 nitrogen and oxygen atoms in total. The van der Waals surface area contributed by atoms with E-state index in [0.29, 0.717) is 24.0 Å². The predicted molar refractivity (Wildman–Crippen MR) is 256 cm³/mol. The molecule has 7 unspecified atom stereocenters. The second-order valence-corrected chi connectivity index (χ2v) is 20.8. The number of piperidine rings is 1. The molecule has 4 aliphatic heterocycles. The molecular formula is C51H68Cl2N8O3. The lowest BCUT2D eigenvalue weighted by Crippen LogP contribution is -2.73. The van der Waals surface area contributed by atoms with E-state index >= 15 is 4.79 Å². The van der Waals surface area contributed by atoms with Gasteiger partial charge >= 0.3 is 0 Å². The highest BCUT2D eigenvalue weighted by Crippen LogP contribution is 2.61. The molecule has 64 heavy (non-hydrogen) atoms. The molecule has 2 bridgehead atoms. The molecule has 1 aromatic heterocycles. The molecule has 9 rings (SSSR count). The van der Waals surface area contributed by atoms with Gasteiger partial charge < -0.3 is 29.6 Å². The van der Waals surface area contributed by atoms with E-state index in [-0.39, 0.29) is 54.4 Å². The quantitative estimate of drug-likeness (QED) is 0.149. The van der Waals surface area contributed by atoms with E-state index in [1.165, 1.54) is 5.56 Å². The maximum Gasteiger partial charge on any atom is 0.153 e. The third kappa shape index (κ3) is 7.55. The van der Waals surface area contributed by atoms with Crippen LogP contribution >= 0.6 is 23.2 Å². The average molecular weight is 912 g/mol. The fourth-order valence-corrected chi connectivity index (χ4v) is 13.7. The molecule has 5 heterocycles. The van der Waals surface area contributed by atoms with Crippen LogP contribution in [0, 0.1) is 10.8 Å². The van der Waals surface area contributed by atoms with Crippen LogP contribution in [0.3, 0.4) is 0 Å². The first-order valence-electron chi connectivity index (χ1n) is 23.4. The molecule has 0 radical (unpaired) electrons. The molecule has 5 aliphatic rings. The first-order valence-corrected chi connectivity index (χ1v) is 24.2. The van der Waals surface area contributed by atoms with E-state index in [2.05, 4.69) is 126 Å². The van der Waals surface area contributed by atoms with Gasteiger partial charge in [-0.15, -0.1) is 0 Å². The van der Waals surface area contributed by atoms with Crippen molar-refractivity contribution < 1.29 is 14.3 Å². The molecule has 1 spiro atoms. The molecule has 0 amide bonds. The maximum absolute atomic E-state index is 16.9. The van der Waals surface area contributed by atoms with Gasteiger partial charge in [0, 0.05) is 103 Å². The van der Waals surface area contributed by atoms with Crippen LogP contribution < -0.4 is 15.4 Å². The summed E-state index contributed by atoms with van der Waals surface area (Å²) in [5.74, 6) is 2.91. The van der Waals surface area contributed by atoms with E-state index in [4.69, 9.17) is 32.7 Å². The summed E-state index contributed by atoms with van der Waals surface area (Å²) in [4.78, 5) is 31.5. The number of carbonyl (C=O) groups is 1. The van der Waals surface area contributed by atoms with Crippen molar-refractivity contribution in [1.82, 2.24) is 39.8 Å². The molecule has 1 aliphatic carbocycles. The van der Waals surface area contributed by atoms with Crippen LogP contribution in [0.4, 0.5) is 0 Å². The number of nitrogens with zero attached hydrogens (tertiary/aromatic N) is 6. The van der Waals surface area contributed by atoms with Crippen molar-refractivity contribution in [3.63, 3.8) is 0 Å². The van der Waals surface area contributed by atoms with Crippen molar-refractivity contribution >= 4 is 29.0 Å². The molecule has 2 N–H and O–H groups in total. The van der Waals surface area contributed by atoms with E-state index in [0.717, 1.165) is 84.4 Å². The van der Waals surface area contributed by atoms with E-state index < -0.39 is 10.8 Å². The van der Waals surface area contributed by atoms with Crippen molar-refractivity contribution in [2.75, 3.05) is 48.5 Å². The average Bonchev–Trinajstić information content (AvgIpc) is 3.95. The van der Waals surface area contributed by atoms with E-state index in [9.17, 15) is 0 Å². The lowest BCUT2D eigenvalue weighted by Gasteiger charge is -2.57. The number of aromatic nitrogens is 2. The second-order valence-electron chi connectivity index (χ2n) is 19.9. The molecule has 11 atom stereocenters. The summed E-state index contributed by atoms with van der Waals surface area (Å²) in [6, 6.07) is 22.9. The Morgan fingerprint density at radius 2 is 1.66 bits per heavy atom. The summed E-state index contributed by atoms with van der Waals surface area (Å²) >= 11 is 13.1. The number of ketones is 1. The number of ether oxygens (including phenoxy) is 2. The van der Waals surface area contributed by atoms with Crippen molar-refractivity contribution in [3.05, 3.63) is 99.9 Å². The number of hydrogen-bond acceptors (Lipinski definition) is 10. The Labute approximate surface area is 390 Å². The fraction of sp³-hybridized carbons (Fsp3) is 0.569. The number of nitrogens with one attached hydrogen (secondary N) is 2. The SMILES string of the molecule is CCC12C(=O)C34C5C[C@H](Cc6ccc(Cl)cc6)N(C)C3[C@@H](COC)NC4[C@H](C)N(Cc3ccc(Cl)cc3Oc3ccc(-c4cnc(CN(C)C)n4C)cc3)C1CCC2N(C)[C@@H](C)CN5. The van der Waals surface area contributed by atoms with Gasteiger partial charge in [0.05, 0.1) is 35.9 Å². The number of imidazole rings is 1. The fourth-order valence-electron chi connectivity index (χ4n) is 13.4. The number of Topliss-reactive ketones (excluding diaryl/α,β-unsaturated/α-hetero) is 1. The molecule has 3 aromatic carbocycles. The van der Waals surface area contributed by atoms with Gasteiger partial charge in [-0.3, -0.25) is 19.5 Å². The van der Waals surface area contributed by atoms with Gasteiger partial charge in [-0.25, -0.2) is 4.98 Å². The van der Waals surface area contributed by atoms with Crippen LogP contribution in [0.1, 0.15) is 63.4 Å². The largest absolute Gasteiger partial charge is 0.457 e. The highest BCUT2D eigenvalue weighted by molar-refractivity contribution is 6.31. The number of carbonyl (C=O) groups excluding carboxylic acids is 1. The molecular weight excluding hydrogens is 844 g/mol. The monoisotopic (exact) mass is 910 g/mol. The molecule has 344 valence electrons. The predicted octanol–water partition coefficient (Wildman–Crippen LogP) is 7.53. The van der Waals surface area contributed by atoms with Gasteiger partial charge in [0.2, 0.25) is 0 Å². The van der Waals surface area contributed by atoms with Gasteiger partial charge in [0.25, 0.3) is 0 Å². The van der Waals surface area contributed by atoms with E-state index in [1.807, 2.05) is 42.6 Å². The van der Waals surface area contributed by atoms with Crippen LogP contribution in [-0.2, 0) is 36.1 Å². The van der Waals surface area contributed by atoms with Crippen molar-refractivity contribution in [1.29, 1.82) is 0 Å². The molecule has 13 heteroatoms. The number of likely N-dealkylation sites (N-methyl/N-ethyl adjacent to an activating group) is 2. The second kappa shape index (κ2) is 18.0. The van der Waals surface area contributed by atoms with Gasteiger partial charge in [-0.2, -0.15) is 0 Å². The van der Waals surface area contributed by atoms with Crippen LogP contribution in [0.25, 0.3) is 11.3 Å². The highest BCUT2D eigenvalue weighted by atomic mass is 35.5. The summed E-state index contributed by atoms with van der Waals surface area (Å²) in [5, 5.41) is 9.72. The van der Waals surface area contributed by atoms with Crippen LogP contribution in [0.5, 0.6) is 11.5 Å². The number of methoxy groups -OCH3 is 1. The summed E-state index contributed by atoms with van der Waals surface area (Å²) in [6.07, 6.45) is 6.37.